The molecule has 4 rings (SSSR count). The Bertz CT molecular complexity index is 1050. The van der Waals surface area contributed by atoms with Gasteiger partial charge in [0.05, 0.1) is 14.2 Å². The Kier molecular flexibility index (Phi) is 7.00. The molecular weight excluding hydrogens is 400 g/mol. The van der Waals surface area contributed by atoms with E-state index in [1.807, 2.05) is 13.1 Å². The number of nitrogens with one attached hydrogen (secondary N) is 2. The Morgan fingerprint density at radius 2 is 1.62 bits per heavy atom. The SMILES string of the molecule is CN=C(NCc1ccc2ccccc2c1)NC1CCN(c2cc(OC)cc(OC)c2)CC1. The molecule has 0 unspecified atom stereocenters. The monoisotopic (exact) mass is 432 g/mol. The minimum absolute atomic E-state index is 0.390. The maximum absolute atomic E-state index is 5.42. The first-order chi connectivity index (χ1) is 15.7. The fraction of sp³-hybridized carbons (Fsp3) is 0.346. The molecule has 1 aliphatic heterocycles. The van der Waals surface area contributed by atoms with Crippen molar-refractivity contribution in [3.63, 3.8) is 0 Å². The molecule has 0 radical (unpaired) electrons. The molecule has 0 spiro atoms. The Balaban J connectivity index is 1.30. The maximum atomic E-state index is 5.42. The first kappa shape index (κ1) is 21.8. The van der Waals surface area contributed by atoms with Crippen LogP contribution in [0.3, 0.4) is 0 Å². The minimum atomic E-state index is 0.390. The number of hydrogen-bond donors (Lipinski definition) is 2. The van der Waals surface area contributed by atoms with Crippen LogP contribution in [0.1, 0.15) is 18.4 Å². The van der Waals surface area contributed by atoms with Gasteiger partial charge >= 0.3 is 0 Å². The number of aliphatic imine (C=N–C) groups is 1. The molecule has 3 aromatic carbocycles. The largest absolute Gasteiger partial charge is 0.497 e. The molecule has 0 aliphatic carbocycles. The lowest BCUT2D eigenvalue weighted by molar-refractivity contribution is 0.393. The molecule has 3 aromatic rings. The molecule has 6 heteroatoms. The van der Waals surface area contributed by atoms with Gasteiger partial charge in [-0.25, -0.2) is 0 Å². The molecule has 1 fully saturated rings. The van der Waals surface area contributed by atoms with Gasteiger partial charge in [-0.3, -0.25) is 4.99 Å². The van der Waals surface area contributed by atoms with E-state index in [1.54, 1.807) is 14.2 Å². The van der Waals surface area contributed by atoms with Gasteiger partial charge in [0.25, 0.3) is 0 Å². The molecule has 0 aromatic heterocycles. The smallest absolute Gasteiger partial charge is 0.191 e. The second-order valence-electron chi connectivity index (χ2n) is 8.08. The molecule has 1 aliphatic rings. The number of guanidine groups is 1. The molecule has 0 bridgehead atoms. The first-order valence-electron chi connectivity index (χ1n) is 11.1. The highest BCUT2D eigenvalue weighted by Crippen LogP contribution is 2.30. The summed E-state index contributed by atoms with van der Waals surface area (Å²) in [7, 11) is 5.20. The van der Waals surface area contributed by atoms with Crippen LogP contribution in [-0.2, 0) is 6.54 Å². The van der Waals surface area contributed by atoms with Crippen LogP contribution in [0.25, 0.3) is 10.8 Å². The number of rotatable bonds is 6. The molecule has 2 N–H and O–H groups in total. The van der Waals surface area contributed by atoms with E-state index >= 15 is 0 Å². The van der Waals surface area contributed by atoms with Gasteiger partial charge in [-0.2, -0.15) is 0 Å². The van der Waals surface area contributed by atoms with Crippen LogP contribution in [0.2, 0.25) is 0 Å². The Morgan fingerprint density at radius 1 is 0.938 bits per heavy atom. The third-order valence-electron chi connectivity index (χ3n) is 6.03. The van der Waals surface area contributed by atoms with Crippen molar-refractivity contribution < 1.29 is 9.47 Å². The second-order valence-corrected chi connectivity index (χ2v) is 8.08. The molecule has 0 atom stereocenters. The number of nitrogens with zero attached hydrogens (tertiary/aromatic N) is 2. The van der Waals surface area contributed by atoms with Gasteiger partial charge in [0.2, 0.25) is 0 Å². The van der Waals surface area contributed by atoms with Gasteiger partial charge in [0, 0.05) is 56.6 Å². The van der Waals surface area contributed by atoms with Crippen molar-refractivity contribution in [3.05, 3.63) is 66.2 Å². The standard InChI is InChI=1S/C26H32N4O2/c1-27-26(28-18-19-8-9-20-6-4-5-7-21(20)14-19)29-22-10-12-30(13-11-22)23-15-24(31-2)17-25(16-23)32-3/h4-9,14-17,22H,10-13,18H2,1-3H3,(H2,27,28,29). The quantitative estimate of drug-likeness (QED) is 0.452. The van der Waals surface area contributed by atoms with Crippen molar-refractivity contribution in [1.29, 1.82) is 0 Å². The van der Waals surface area contributed by atoms with E-state index in [4.69, 9.17) is 9.47 Å². The highest BCUT2D eigenvalue weighted by molar-refractivity contribution is 5.83. The summed E-state index contributed by atoms with van der Waals surface area (Å²) in [4.78, 5) is 6.81. The van der Waals surface area contributed by atoms with E-state index in [-0.39, 0.29) is 0 Å². The van der Waals surface area contributed by atoms with Crippen LogP contribution in [0.4, 0.5) is 5.69 Å². The molecule has 1 heterocycles. The highest BCUT2D eigenvalue weighted by atomic mass is 16.5. The predicted octanol–water partition coefficient (Wildman–Crippen LogP) is 4.19. The van der Waals surface area contributed by atoms with E-state index in [1.165, 1.54) is 16.3 Å². The average Bonchev–Trinajstić information content (AvgIpc) is 2.86. The van der Waals surface area contributed by atoms with E-state index in [9.17, 15) is 0 Å². The summed E-state index contributed by atoms with van der Waals surface area (Å²) in [6.45, 7) is 2.68. The average molecular weight is 433 g/mol. The summed E-state index contributed by atoms with van der Waals surface area (Å²) < 4.78 is 10.8. The Hall–Kier alpha value is -3.41. The van der Waals surface area contributed by atoms with Crippen LogP contribution in [-0.4, -0.2) is 46.4 Å². The number of ether oxygens (including phenoxy) is 2. The minimum Gasteiger partial charge on any atom is -0.497 e. The van der Waals surface area contributed by atoms with Gasteiger partial charge < -0.3 is 25.0 Å². The van der Waals surface area contributed by atoms with Crippen LogP contribution in [0.15, 0.2) is 65.7 Å². The molecule has 1 saturated heterocycles. The molecule has 0 saturated carbocycles. The summed E-state index contributed by atoms with van der Waals surface area (Å²) in [5, 5.41) is 9.58. The first-order valence-corrected chi connectivity index (χ1v) is 11.1. The van der Waals surface area contributed by atoms with Crippen LogP contribution in [0.5, 0.6) is 11.5 Å². The van der Waals surface area contributed by atoms with Crippen molar-refractivity contribution in [2.24, 2.45) is 4.99 Å². The number of piperidine rings is 1. The lowest BCUT2D eigenvalue weighted by Crippen LogP contribution is -2.48. The van der Waals surface area contributed by atoms with E-state index in [2.05, 4.69) is 75.1 Å². The maximum Gasteiger partial charge on any atom is 0.191 e. The van der Waals surface area contributed by atoms with Gasteiger partial charge in [-0.1, -0.05) is 36.4 Å². The van der Waals surface area contributed by atoms with Crippen LogP contribution in [0, 0.1) is 0 Å². The third kappa shape index (κ3) is 5.25. The zero-order valence-electron chi connectivity index (χ0n) is 19.1. The fourth-order valence-corrected chi connectivity index (χ4v) is 4.18. The Labute approximate surface area is 190 Å². The zero-order valence-corrected chi connectivity index (χ0v) is 19.1. The number of fused-ring (bicyclic) bond motifs is 1. The van der Waals surface area contributed by atoms with Crippen molar-refractivity contribution in [1.82, 2.24) is 10.6 Å². The summed E-state index contributed by atoms with van der Waals surface area (Å²) in [6.07, 6.45) is 2.08. The molecule has 0 amide bonds. The second kappa shape index (κ2) is 10.3. The molecule has 32 heavy (non-hydrogen) atoms. The van der Waals surface area contributed by atoms with Crippen molar-refractivity contribution in [3.8, 4) is 11.5 Å². The van der Waals surface area contributed by atoms with E-state index in [0.29, 0.717) is 6.04 Å². The van der Waals surface area contributed by atoms with Crippen LogP contribution < -0.4 is 25.0 Å². The number of hydrogen-bond acceptors (Lipinski definition) is 4. The number of benzene rings is 3. The van der Waals surface area contributed by atoms with Gasteiger partial charge in [-0.15, -0.1) is 0 Å². The van der Waals surface area contributed by atoms with Gasteiger partial charge in [0.15, 0.2) is 5.96 Å². The number of methoxy groups -OCH3 is 2. The summed E-state index contributed by atoms with van der Waals surface area (Å²) >= 11 is 0. The lowest BCUT2D eigenvalue weighted by Gasteiger charge is -2.34. The van der Waals surface area contributed by atoms with Crippen molar-refractivity contribution >= 4 is 22.4 Å². The normalized spacial score (nSPS) is 15.0. The fourth-order valence-electron chi connectivity index (χ4n) is 4.18. The summed E-state index contributed by atoms with van der Waals surface area (Å²) in [6, 6.07) is 21.5. The zero-order chi connectivity index (χ0) is 22.3. The van der Waals surface area contributed by atoms with Crippen molar-refractivity contribution in [2.75, 3.05) is 39.3 Å². The Morgan fingerprint density at radius 3 is 2.28 bits per heavy atom. The summed E-state index contributed by atoms with van der Waals surface area (Å²) in [5.41, 5.74) is 2.38. The number of anilines is 1. The van der Waals surface area contributed by atoms with Gasteiger partial charge in [0.1, 0.15) is 11.5 Å². The van der Waals surface area contributed by atoms with E-state index in [0.717, 1.165) is 55.6 Å². The third-order valence-corrected chi connectivity index (χ3v) is 6.03. The highest BCUT2D eigenvalue weighted by Gasteiger charge is 2.21. The van der Waals surface area contributed by atoms with Crippen LogP contribution >= 0.6 is 0 Å². The van der Waals surface area contributed by atoms with Gasteiger partial charge in [-0.05, 0) is 35.2 Å². The lowest BCUT2D eigenvalue weighted by atomic mass is 10.0. The molecular formula is C26H32N4O2. The topological polar surface area (TPSA) is 58.1 Å². The predicted molar refractivity (Wildman–Crippen MR) is 132 cm³/mol. The summed E-state index contributed by atoms with van der Waals surface area (Å²) in [5.74, 6) is 2.48. The molecule has 6 nitrogen and oxygen atoms in total. The van der Waals surface area contributed by atoms with E-state index < -0.39 is 0 Å². The van der Waals surface area contributed by atoms with Crippen molar-refractivity contribution in [2.45, 2.75) is 25.4 Å². The molecule has 168 valence electrons.